The molecule has 0 saturated heterocycles. The number of halogens is 2. The molecular weight excluding hydrogens is 489 g/mol. The van der Waals surface area contributed by atoms with Gasteiger partial charge in [-0.05, 0) is 44.2 Å². The average Bonchev–Trinajstić information content (AvgIpc) is 3.37. The molecule has 2 amide bonds. The van der Waals surface area contributed by atoms with Crippen LogP contribution in [0.5, 0.6) is 5.75 Å². The molecule has 3 saturated carbocycles. The smallest absolute Gasteiger partial charge is 0.273 e. The third-order valence-corrected chi connectivity index (χ3v) is 7.46. The Hall–Kier alpha value is -3.43. The molecule has 3 aliphatic rings. The Morgan fingerprint density at radius 2 is 1.86 bits per heavy atom. The number of carbonyl (C=O) groups is 2. The molecule has 6 rings (SSSR count). The third kappa shape index (κ3) is 4.81. The number of hydrogen-bond acceptors (Lipinski definition) is 6. The fraction of sp³-hybridized carbons (Fsp3) is 0.346. The highest BCUT2D eigenvalue weighted by Crippen LogP contribution is 2.47. The Labute approximate surface area is 211 Å². The highest BCUT2D eigenvalue weighted by Gasteiger charge is 2.55. The molecule has 0 radical (unpaired) electrons. The second kappa shape index (κ2) is 9.55. The van der Waals surface area contributed by atoms with Crippen LogP contribution in [0.3, 0.4) is 0 Å². The summed E-state index contributed by atoms with van der Waals surface area (Å²) < 4.78 is 24.3. The van der Waals surface area contributed by atoms with Gasteiger partial charge in [-0.1, -0.05) is 47.1 Å². The second-order valence-electron chi connectivity index (χ2n) is 9.47. The number of nitrogens with zero attached hydrogens (tertiary/aromatic N) is 1. The van der Waals surface area contributed by atoms with Crippen molar-refractivity contribution in [2.75, 3.05) is 6.61 Å². The molecule has 8 nitrogen and oxygen atoms in total. The maximum Gasteiger partial charge on any atom is 0.273 e. The van der Waals surface area contributed by atoms with Crippen LogP contribution in [0.15, 0.2) is 59.1 Å². The highest BCUT2D eigenvalue weighted by molar-refractivity contribution is 6.30. The van der Waals surface area contributed by atoms with Crippen molar-refractivity contribution in [3.8, 4) is 17.1 Å². The van der Waals surface area contributed by atoms with Gasteiger partial charge < -0.3 is 25.0 Å². The normalized spacial score (nSPS) is 24.8. The molecule has 1 atom stereocenters. The van der Waals surface area contributed by atoms with E-state index in [0.29, 0.717) is 37.9 Å². The van der Waals surface area contributed by atoms with Crippen molar-refractivity contribution >= 4 is 23.4 Å². The summed E-state index contributed by atoms with van der Waals surface area (Å²) in [4.78, 5) is 25.5. The highest BCUT2D eigenvalue weighted by atomic mass is 35.5. The molecule has 3 N–H and O–H groups in total. The molecule has 2 aromatic carbocycles. The number of amides is 2. The van der Waals surface area contributed by atoms with E-state index in [4.69, 9.17) is 20.9 Å². The van der Waals surface area contributed by atoms with Crippen molar-refractivity contribution in [1.29, 1.82) is 0 Å². The largest absolute Gasteiger partial charge is 0.484 e. The summed E-state index contributed by atoms with van der Waals surface area (Å²) in [6, 6.07) is 14.9. The number of carbonyl (C=O) groups excluding carboxylic acids is 2. The topological polar surface area (TPSA) is 114 Å². The lowest BCUT2D eigenvalue weighted by atomic mass is 9.60. The Bertz CT molecular complexity index is 1270. The van der Waals surface area contributed by atoms with Crippen LogP contribution in [0.25, 0.3) is 11.3 Å². The van der Waals surface area contributed by atoms with Gasteiger partial charge in [0.15, 0.2) is 18.1 Å². The number of nitrogens with one attached hydrogen (secondary N) is 2. The standard InChI is InChI=1S/C26H25ClFN3O5/c27-18-7-6-17(12-19(18)28)35-15-23(33)29-26-10-8-25(9-11-26,14-22(26)32)30-24(34)20-13-21(36-31-20)16-4-2-1-3-5-16/h1-7,12-13,22,32H,8-11,14-15H2,(H,29,33)(H,30,34)/t22-,25?,26?/m0/s1. The zero-order chi connectivity index (χ0) is 25.3. The number of fused-ring (bicyclic) bond motifs is 3. The average molecular weight is 514 g/mol. The van der Waals surface area contributed by atoms with Gasteiger partial charge in [-0.25, -0.2) is 4.39 Å². The van der Waals surface area contributed by atoms with Crippen LogP contribution in [-0.2, 0) is 4.79 Å². The molecule has 1 heterocycles. The van der Waals surface area contributed by atoms with E-state index in [1.165, 1.54) is 12.1 Å². The first-order chi connectivity index (χ1) is 17.3. The number of benzene rings is 2. The zero-order valence-electron chi connectivity index (χ0n) is 19.3. The lowest BCUT2D eigenvalue weighted by molar-refractivity contribution is -0.132. The van der Waals surface area contributed by atoms with E-state index < -0.39 is 28.9 Å². The number of aromatic nitrogens is 1. The van der Waals surface area contributed by atoms with Gasteiger partial charge in [-0.2, -0.15) is 0 Å². The van der Waals surface area contributed by atoms with Crippen LogP contribution in [-0.4, -0.2) is 45.9 Å². The minimum Gasteiger partial charge on any atom is -0.484 e. The van der Waals surface area contributed by atoms with Gasteiger partial charge in [0.2, 0.25) is 0 Å². The van der Waals surface area contributed by atoms with Crippen molar-refractivity contribution in [2.24, 2.45) is 0 Å². The van der Waals surface area contributed by atoms with E-state index in [9.17, 15) is 19.1 Å². The molecule has 10 heteroatoms. The van der Waals surface area contributed by atoms with E-state index in [1.807, 2.05) is 30.3 Å². The number of ether oxygens (including phenoxy) is 1. The Morgan fingerprint density at radius 1 is 1.11 bits per heavy atom. The second-order valence-corrected chi connectivity index (χ2v) is 9.87. The number of aliphatic hydroxyl groups is 1. The lowest BCUT2D eigenvalue weighted by Crippen LogP contribution is -2.70. The SMILES string of the molecule is O=C(COc1ccc(Cl)c(F)c1)NC12CCC(NC(=O)c3cc(-c4ccccc4)on3)(CC1)C[C@@H]2O. The van der Waals surface area contributed by atoms with Crippen molar-refractivity contribution in [1.82, 2.24) is 15.8 Å². The Morgan fingerprint density at radius 3 is 2.56 bits per heavy atom. The minimum absolute atomic E-state index is 0.0333. The maximum absolute atomic E-state index is 13.6. The monoisotopic (exact) mass is 513 g/mol. The number of hydrogen-bond donors (Lipinski definition) is 3. The first kappa shape index (κ1) is 24.3. The van der Waals surface area contributed by atoms with Crippen molar-refractivity contribution in [2.45, 2.75) is 49.3 Å². The number of rotatable bonds is 7. The van der Waals surface area contributed by atoms with E-state index in [2.05, 4.69) is 15.8 Å². The lowest BCUT2D eigenvalue weighted by Gasteiger charge is -2.56. The molecule has 0 aliphatic heterocycles. The van der Waals surface area contributed by atoms with E-state index >= 15 is 0 Å². The van der Waals surface area contributed by atoms with E-state index in [-0.39, 0.29) is 29.0 Å². The van der Waals surface area contributed by atoms with Crippen LogP contribution >= 0.6 is 11.6 Å². The molecule has 3 aliphatic carbocycles. The molecule has 3 aromatic rings. The summed E-state index contributed by atoms with van der Waals surface area (Å²) in [5.74, 6) is -0.740. The van der Waals surface area contributed by atoms with Gasteiger partial charge in [-0.3, -0.25) is 9.59 Å². The molecule has 188 valence electrons. The minimum atomic E-state index is -0.852. The van der Waals surface area contributed by atoms with Gasteiger partial charge in [0.05, 0.1) is 16.7 Å². The summed E-state index contributed by atoms with van der Waals surface area (Å²) in [6.45, 7) is -0.326. The van der Waals surface area contributed by atoms with Gasteiger partial charge in [0.25, 0.3) is 11.8 Å². The Kier molecular flexibility index (Phi) is 6.44. The van der Waals surface area contributed by atoms with Crippen molar-refractivity contribution < 1.29 is 28.3 Å². The van der Waals surface area contributed by atoms with E-state index in [0.717, 1.165) is 11.6 Å². The summed E-state index contributed by atoms with van der Waals surface area (Å²) in [6.07, 6.45) is 1.60. The predicted molar refractivity (Wildman–Crippen MR) is 129 cm³/mol. The summed E-state index contributed by atoms with van der Waals surface area (Å²) in [7, 11) is 0. The molecular formula is C26H25ClFN3O5. The van der Waals surface area contributed by atoms with Crippen LogP contribution in [0.4, 0.5) is 4.39 Å². The van der Waals surface area contributed by atoms with Crippen molar-refractivity contribution in [3.05, 3.63) is 71.1 Å². The van der Waals surface area contributed by atoms with Gasteiger partial charge in [-0.15, -0.1) is 0 Å². The first-order valence-corrected chi connectivity index (χ1v) is 12.1. The predicted octanol–water partition coefficient (Wildman–Crippen LogP) is 3.88. The van der Waals surface area contributed by atoms with E-state index in [1.54, 1.807) is 6.07 Å². The summed E-state index contributed by atoms with van der Waals surface area (Å²) in [5.41, 5.74) is -0.401. The maximum atomic E-state index is 13.6. The molecule has 0 spiro atoms. The number of aliphatic hydroxyl groups excluding tert-OH is 1. The van der Waals surface area contributed by atoms with Gasteiger partial charge >= 0.3 is 0 Å². The quantitative estimate of drug-likeness (QED) is 0.442. The zero-order valence-corrected chi connectivity index (χ0v) is 20.1. The third-order valence-electron chi connectivity index (χ3n) is 7.15. The van der Waals surface area contributed by atoms with Crippen LogP contribution in [0.2, 0.25) is 5.02 Å². The fourth-order valence-electron chi connectivity index (χ4n) is 5.12. The summed E-state index contributed by atoms with van der Waals surface area (Å²) >= 11 is 5.66. The molecule has 0 unspecified atom stereocenters. The van der Waals surface area contributed by atoms with Gasteiger partial charge in [0, 0.05) is 23.2 Å². The van der Waals surface area contributed by atoms with Crippen LogP contribution in [0, 0.1) is 5.82 Å². The molecule has 36 heavy (non-hydrogen) atoms. The fourth-order valence-corrected chi connectivity index (χ4v) is 5.23. The van der Waals surface area contributed by atoms with Crippen molar-refractivity contribution in [3.63, 3.8) is 0 Å². The van der Waals surface area contributed by atoms with Gasteiger partial charge in [0.1, 0.15) is 11.6 Å². The molecule has 1 aromatic heterocycles. The van der Waals surface area contributed by atoms with Crippen LogP contribution < -0.4 is 15.4 Å². The summed E-state index contributed by atoms with van der Waals surface area (Å²) in [5, 5.41) is 20.8. The molecule has 2 bridgehead atoms. The Balaban J connectivity index is 1.18. The van der Waals surface area contributed by atoms with Crippen LogP contribution in [0.1, 0.15) is 42.6 Å². The first-order valence-electron chi connectivity index (χ1n) is 11.7. The molecule has 3 fully saturated rings.